The lowest BCUT2D eigenvalue weighted by Gasteiger charge is -2.26. The molecule has 0 aliphatic heterocycles. The molecule has 20 heavy (non-hydrogen) atoms. The Morgan fingerprint density at radius 2 is 1.90 bits per heavy atom. The molecule has 114 valence electrons. The molecule has 0 aliphatic rings. The molecule has 0 saturated carbocycles. The summed E-state index contributed by atoms with van der Waals surface area (Å²) < 4.78 is 44.5. The highest BCUT2D eigenvalue weighted by atomic mass is 32.2. The number of sulfonamides is 1. The second kappa shape index (κ2) is 5.57. The van der Waals surface area contributed by atoms with E-state index in [2.05, 4.69) is 0 Å². The summed E-state index contributed by atoms with van der Waals surface area (Å²) in [5, 5.41) is 0. The van der Waals surface area contributed by atoms with Crippen LogP contribution < -0.4 is 10.5 Å². The Morgan fingerprint density at radius 1 is 1.35 bits per heavy atom. The van der Waals surface area contributed by atoms with Crippen LogP contribution >= 0.6 is 0 Å². The van der Waals surface area contributed by atoms with Crippen LogP contribution in [0.4, 0.5) is 10.1 Å². The fourth-order valence-corrected chi connectivity index (χ4v) is 3.33. The minimum Gasteiger partial charge on any atom is -0.492 e. The van der Waals surface area contributed by atoms with Crippen LogP contribution in [0.5, 0.6) is 5.75 Å². The number of rotatable bonds is 4. The molecule has 0 bridgehead atoms. The van der Waals surface area contributed by atoms with Gasteiger partial charge in [-0.1, -0.05) is 20.8 Å². The normalized spacial score (nSPS) is 12.8. The van der Waals surface area contributed by atoms with E-state index in [0.29, 0.717) is 6.54 Å². The predicted molar refractivity (Wildman–Crippen MR) is 76.6 cm³/mol. The smallest absolute Gasteiger partial charge is 0.243 e. The summed E-state index contributed by atoms with van der Waals surface area (Å²) in [4.78, 5) is -0.181. The number of hydrogen-bond acceptors (Lipinski definition) is 4. The summed E-state index contributed by atoms with van der Waals surface area (Å²) in [6, 6.07) is 2.13. The fraction of sp³-hybridized carbons (Fsp3) is 0.538. The monoisotopic (exact) mass is 304 g/mol. The van der Waals surface area contributed by atoms with Crippen molar-refractivity contribution in [2.75, 3.05) is 26.4 Å². The van der Waals surface area contributed by atoms with E-state index in [9.17, 15) is 12.8 Å². The van der Waals surface area contributed by atoms with E-state index in [1.165, 1.54) is 24.5 Å². The Hall–Kier alpha value is -1.34. The predicted octanol–water partition coefficient (Wildman–Crippen LogP) is 2.08. The number of nitrogen functional groups attached to an aromatic ring is 1. The van der Waals surface area contributed by atoms with Gasteiger partial charge in [0.15, 0.2) is 11.6 Å². The number of anilines is 1. The van der Waals surface area contributed by atoms with Gasteiger partial charge in [0.25, 0.3) is 0 Å². The standard InChI is InChI=1S/C13H21FN2O3S/c1-13(2,3)8-16(4)20(17,18)9-6-10(14)12(19-5)11(15)7-9/h6-7H,8,15H2,1-5H3. The van der Waals surface area contributed by atoms with Crippen molar-refractivity contribution in [1.82, 2.24) is 4.31 Å². The molecule has 0 aliphatic carbocycles. The van der Waals surface area contributed by atoms with Crippen molar-refractivity contribution in [1.29, 1.82) is 0 Å². The van der Waals surface area contributed by atoms with Crippen LogP contribution in [0.25, 0.3) is 0 Å². The SMILES string of the molecule is COc1c(N)cc(S(=O)(=O)N(C)CC(C)(C)C)cc1F. The lowest BCUT2D eigenvalue weighted by molar-refractivity contribution is 0.310. The van der Waals surface area contributed by atoms with Gasteiger partial charge in [0.2, 0.25) is 10.0 Å². The van der Waals surface area contributed by atoms with Crippen LogP contribution in [-0.2, 0) is 10.0 Å². The summed E-state index contributed by atoms with van der Waals surface area (Å²) in [6.07, 6.45) is 0. The fourth-order valence-electron chi connectivity index (χ4n) is 1.89. The highest BCUT2D eigenvalue weighted by Crippen LogP contribution is 2.30. The zero-order chi connectivity index (χ0) is 15.7. The number of methoxy groups -OCH3 is 1. The van der Waals surface area contributed by atoms with Crippen molar-refractivity contribution >= 4 is 15.7 Å². The Balaban J connectivity index is 3.23. The molecule has 0 aromatic heterocycles. The van der Waals surface area contributed by atoms with Gasteiger partial charge < -0.3 is 10.5 Å². The molecule has 0 amide bonds. The molecule has 5 nitrogen and oxygen atoms in total. The zero-order valence-corrected chi connectivity index (χ0v) is 13.2. The number of halogens is 1. The molecule has 2 N–H and O–H groups in total. The van der Waals surface area contributed by atoms with Crippen LogP contribution in [0.2, 0.25) is 0 Å². The third-order valence-electron chi connectivity index (χ3n) is 2.66. The van der Waals surface area contributed by atoms with E-state index in [1.54, 1.807) is 0 Å². The van der Waals surface area contributed by atoms with Gasteiger partial charge in [0.05, 0.1) is 17.7 Å². The maximum Gasteiger partial charge on any atom is 0.243 e. The van der Waals surface area contributed by atoms with Crippen molar-refractivity contribution in [2.24, 2.45) is 5.41 Å². The average Bonchev–Trinajstić information content (AvgIpc) is 2.26. The van der Waals surface area contributed by atoms with Crippen LogP contribution in [-0.4, -0.2) is 33.4 Å². The minimum atomic E-state index is -3.78. The largest absolute Gasteiger partial charge is 0.492 e. The second-order valence-corrected chi connectivity index (χ2v) is 7.89. The molecule has 7 heteroatoms. The van der Waals surface area contributed by atoms with Crippen LogP contribution in [0.15, 0.2) is 17.0 Å². The summed E-state index contributed by atoms with van der Waals surface area (Å²) in [7, 11) is -1.05. The van der Waals surface area contributed by atoms with E-state index in [4.69, 9.17) is 10.5 Å². The molecular weight excluding hydrogens is 283 g/mol. The van der Waals surface area contributed by atoms with E-state index < -0.39 is 15.8 Å². The first-order valence-electron chi connectivity index (χ1n) is 6.08. The molecule has 1 aromatic carbocycles. The Labute approximate surface area is 119 Å². The molecule has 1 aromatic rings. The number of nitrogens with zero attached hydrogens (tertiary/aromatic N) is 1. The molecule has 0 saturated heterocycles. The lowest BCUT2D eigenvalue weighted by atomic mass is 9.97. The van der Waals surface area contributed by atoms with E-state index in [1.807, 2.05) is 20.8 Å². The third-order valence-corrected chi connectivity index (χ3v) is 4.44. The van der Waals surface area contributed by atoms with E-state index >= 15 is 0 Å². The van der Waals surface area contributed by atoms with Gasteiger partial charge in [0.1, 0.15) is 0 Å². The topological polar surface area (TPSA) is 72.6 Å². The molecular formula is C13H21FN2O3S. The molecule has 0 radical (unpaired) electrons. The highest BCUT2D eigenvalue weighted by Gasteiger charge is 2.27. The first-order chi connectivity index (χ1) is 8.99. The van der Waals surface area contributed by atoms with Crippen LogP contribution in [0, 0.1) is 11.2 Å². The molecule has 1 rings (SSSR count). The van der Waals surface area contributed by atoms with Crippen LogP contribution in [0.1, 0.15) is 20.8 Å². The number of hydrogen-bond donors (Lipinski definition) is 1. The number of ether oxygens (including phenoxy) is 1. The van der Waals surface area contributed by atoms with Gasteiger partial charge in [-0.2, -0.15) is 0 Å². The highest BCUT2D eigenvalue weighted by molar-refractivity contribution is 7.89. The summed E-state index contributed by atoms with van der Waals surface area (Å²) in [6.45, 7) is 6.06. The van der Waals surface area contributed by atoms with E-state index in [-0.39, 0.29) is 21.7 Å². The van der Waals surface area contributed by atoms with Crippen molar-refractivity contribution in [3.63, 3.8) is 0 Å². The van der Waals surface area contributed by atoms with Gasteiger partial charge in [-0.3, -0.25) is 0 Å². The number of nitrogens with two attached hydrogens (primary N) is 1. The summed E-state index contributed by atoms with van der Waals surface area (Å²) >= 11 is 0. The van der Waals surface area contributed by atoms with Gasteiger partial charge in [0, 0.05) is 13.6 Å². The maximum absolute atomic E-state index is 13.8. The molecule has 0 fully saturated rings. The lowest BCUT2D eigenvalue weighted by Crippen LogP contribution is -2.34. The Bertz CT molecular complexity index is 571. The molecule has 0 atom stereocenters. The number of benzene rings is 1. The summed E-state index contributed by atoms with van der Waals surface area (Å²) in [5.41, 5.74) is 5.35. The van der Waals surface area contributed by atoms with Crippen LogP contribution in [0.3, 0.4) is 0 Å². The van der Waals surface area contributed by atoms with Crippen molar-refractivity contribution in [3.05, 3.63) is 17.9 Å². The zero-order valence-electron chi connectivity index (χ0n) is 12.4. The van der Waals surface area contributed by atoms with Gasteiger partial charge in [-0.15, -0.1) is 0 Å². The molecule has 0 unspecified atom stereocenters. The Morgan fingerprint density at radius 3 is 2.30 bits per heavy atom. The molecule has 0 heterocycles. The van der Waals surface area contributed by atoms with Gasteiger partial charge >= 0.3 is 0 Å². The quantitative estimate of drug-likeness (QED) is 0.864. The van der Waals surface area contributed by atoms with Crippen molar-refractivity contribution < 1.29 is 17.5 Å². The third kappa shape index (κ3) is 3.61. The van der Waals surface area contributed by atoms with Crippen molar-refractivity contribution in [3.8, 4) is 5.75 Å². The Kier molecular flexibility index (Phi) is 4.66. The summed E-state index contributed by atoms with van der Waals surface area (Å²) in [5.74, 6) is -0.947. The van der Waals surface area contributed by atoms with Gasteiger partial charge in [-0.05, 0) is 17.5 Å². The van der Waals surface area contributed by atoms with Crippen molar-refractivity contribution in [2.45, 2.75) is 25.7 Å². The molecule has 0 spiro atoms. The maximum atomic E-state index is 13.8. The van der Waals surface area contributed by atoms with Gasteiger partial charge in [-0.25, -0.2) is 17.1 Å². The minimum absolute atomic E-state index is 0.0461. The van der Waals surface area contributed by atoms with E-state index in [0.717, 1.165) is 6.07 Å². The first-order valence-corrected chi connectivity index (χ1v) is 7.52. The average molecular weight is 304 g/mol. The second-order valence-electron chi connectivity index (χ2n) is 5.85. The first kappa shape index (κ1) is 16.7.